The lowest BCUT2D eigenvalue weighted by atomic mass is 10.2. The minimum absolute atomic E-state index is 0.165. The Labute approximate surface area is 147 Å². The summed E-state index contributed by atoms with van der Waals surface area (Å²) < 4.78 is 21.7. The topological polar surface area (TPSA) is 56.1 Å². The van der Waals surface area contributed by atoms with Gasteiger partial charge in [-0.05, 0) is 49.9 Å². The summed E-state index contributed by atoms with van der Waals surface area (Å²) in [6.45, 7) is 3.81. The Hall–Kier alpha value is -2.21. The minimum Gasteiger partial charge on any atom is -0.365 e. The first kappa shape index (κ1) is 17.6. The fourth-order valence-electron chi connectivity index (χ4n) is 3.14. The van der Waals surface area contributed by atoms with E-state index < -0.39 is 11.9 Å². The van der Waals surface area contributed by atoms with Crippen LogP contribution >= 0.6 is 0 Å². The highest BCUT2D eigenvalue weighted by atomic mass is 19.1. The van der Waals surface area contributed by atoms with E-state index in [1.54, 1.807) is 24.5 Å². The highest BCUT2D eigenvalue weighted by Gasteiger charge is 2.24. The molecule has 1 N–H and O–H groups in total. The van der Waals surface area contributed by atoms with Gasteiger partial charge < -0.3 is 10.1 Å². The number of carbonyl (C=O) groups excluding carboxylic acids is 1. The molecule has 0 saturated heterocycles. The third-order valence-electron chi connectivity index (χ3n) is 4.50. The number of anilines is 1. The van der Waals surface area contributed by atoms with E-state index in [1.165, 1.54) is 10.7 Å². The Kier molecular flexibility index (Phi) is 5.48. The number of halogens is 1. The smallest absolute Gasteiger partial charge is 0.253 e. The minimum atomic E-state index is -0.500. The number of ether oxygens (including phenoxy) is 1. The molecule has 1 saturated carbocycles. The Morgan fingerprint density at radius 2 is 2.20 bits per heavy atom. The second-order valence-corrected chi connectivity index (χ2v) is 6.56. The molecular weight excluding hydrogens is 321 g/mol. The molecule has 6 heteroatoms. The van der Waals surface area contributed by atoms with E-state index in [2.05, 4.69) is 10.4 Å². The number of rotatable bonds is 6. The fourth-order valence-corrected chi connectivity index (χ4v) is 3.14. The van der Waals surface area contributed by atoms with Gasteiger partial charge in [-0.25, -0.2) is 9.07 Å². The van der Waals surface area contributed by atoms with Gasteiger partial charge in [0, 0.05) is 11.9 Å². The maximum atomic E-state index is 14.4. The molecule has 1 heterocycles. The second kappa shape index (κ2) is 7.78. The standard InChI is InChI=1S/C19H24FN3O2/c1-3-18(25-15-6-4-5-7-15)19(24)22-14-8-9-17(16(20)10-14)23-12-13(2)11-21-23/h8-12,15,18H,3-7H2,1-2H3,(H,22,24). The maximum Gasteiger partial charge on any atom is 0.253 e. The molecule has 25 heavy (non-hydrogen) atoms. The van der Waals surface area contributed by atoms with Crippen LogP contribution in [0.25, 0.3) is 5.69 Å². The number of aromatic nitrogens is 2. The van der Waals surface area contributed by atoms with E-state index >= 15 is 0 Å². The molecule has 0 bridgehead atoms. The number of nitrogens with zero attached hydrogens (tertiary/aromatic N) is 2. The van der Waals surface area contributed by atoms with Crippen LogP contribution in [-0.4, -0.2) is 27.9 Å². The van der Waals surface area contributed by atoms with E-state index in [9.17, 15) is 9.18 Å². The zero-order valence-electron chi connectivity index (χ0n) is 14.7. The van der Waals surface area contributed by atoms with Crippen LogP contribution in [0, 0.1) is 12.7 Å². The molecule has 1 aromatic carbocycles. The monoisotopic (exact) mass is 345 g/mol. The van der Waals surface area contributed by atoms with E-state index in [0.717, 1.165) is 31.2 Å². The van der Waals surface area contributed by atoms with Gasteiger partial charge in [-0.2, -0.15) is 5.10 Å². The SMILES string of the molecule is CCC(OC1CCCC1)C(=O)Nc1ccc(-n2cc(C)cn2)c(F)c1. The molecule has 0 spiro atoms. The van der Waals surface area contributed by atoms with Gasteiger partial charge in [-0.15, -0.1) is 0 Å². The number of aryl methyl sites for hydroxylation is 1. The van der Waals surface area contributed by atoms with Crippen molar-refractivity contribution < 1.29 is 13.9 Å². The molecule has 3 rings (SSSR count). The van der Waals surface area contributed by atoms with E-state index in [4.69, 9.17) is 4.74 Å². The van der Waals surface area contributed by atoms with Crippen molar-refractivity contribution >= 4 is 11.6 Å². The van der Waals surface area contributed by atoms with Crippen LogP contribution in [0.3, 0.4) is 0 Å². The van der Waals surface area contributed by atoms with E-state index in [0.29, 0.717) is 17.8 Å². The lowest BCUT2D eigenvalue weighted by molar-refractivity contribution is -0.131. The molecule has 1 aliphatic rings. The van der Waals surface area contributed by atoms with Gasteiger partial charge in [0.25, 0.3) is 5.91 Å². The van der Waals surface area contributed by atoms with Crippen molar-refractivity contribution in [1.82, 2.24) is 9.78 Å². The average Bonchev–Trinajstić information content (AvgIpc) is 3.24. The Morgan fingerprint density at radius 1 is 1.44 bits per heavy atom. The lowest BCUT2D eigenvalue weighted by Gasteiger charge is -2.20. The van der Waals surface area contributed by atoms with Gasteiger partial charge in [-0.3, -0.25) is 4.79 Å². The molecule has 5 nitrogen and oxygen atoms in total. The van der Waals surface area contributed by atoms with Crippen LogP contribution in [0.2, 0.25) is 0 Å². The molecule has 1 atom stereocenters. The summed E-state index contributed by atoms with van der Waals surface area (Å²) in [5.74, 6) is -0.665. The van der Waals surface area contributed by atoms with Crippen LogP contribution < -0.4 is 5.32 Å². The van der Waals surface area contributed by atoms with Crippen LogP contribution in [0.4, 0.5) is 10.1 Å². The van der Waals surface area contributed by atoms with Crippen molar-refractivity contribution in [3.63, 3.8) is 0 Å². The van der Waals surface area contributed by atoms with Crippen molar-refractivity contribution in [2.45, 2.75) is 58.2 Å². The van der Waals surface area contributed by atoms with Gasteiger partial charge in [0.15, 0.2) is 5.82 Å². The van der Waals surface area contributed by atoms with Gasteiger partial charge in [-0.1, -0.05) is 19.8 Å². The van der Waals surface area contributed by atoms with Crippen molar-refractivity contribution in [3.05, 3.63) is 42.0 Å². The first-order chi connectivity index (χ1) is 12.1. The molecule has 2 aromatic rings. The second-order valence-electron chi connectivity index (χ2n) is 6.56. The first-order valence-corrected chi connectivity index (χ1v) is 8.84. The number of hydrogen-bond donors (Lipinski definition) is 1. The van der Waals surface area contributed by atoms with Crippen LogP contribution in [0.15, 0.2) is 30.6 Å². The summed E-state index contributed by atoms with van der Waals surface area (Å²) in [6.07, 6.45) is 8.00. The van der Waals surface area contributed by atoms with Crippen molar-refractivity contribution in [3.8, 4) is 5.69 Å². The summed E-state index contributed by atoms with van der Waals surface area (Å²) in [4.78, 5) is 12.4. The van der Waals surface area contributed by atoms with Crippen molar-refractivity contribution in [2.75, 3.05) is 5.32 Å². The Morgan fingerprint density at radius 3 is 2.80 bits per heavy atom. The third kappa shape index (κ3) is 4.25. The van der Waals surface area contributed by atoms with Crippen molar-refractivity contribution in [1.29, 1.82) is 0 Å². The number of amides is 1. The first-order valence-electron chi connectivity index (χ1n) is 8.84. The summed E-state index contributed by atoms with van der Waals surface area (Å²) in [5, 5.41) is 6.86. The van der Waals surface area contributed by atoms with Crippen LogP contribution in [-0.2, 0) is 9.53 Å². The van der Waals surface area contributed by atoms with E-state index in [1.807, 2.05) is 13.8 Å². The van der Waals surface area contributed by atoms with Crippen LogP contribution in [0.1, 0.15) is 44.6 Å². The highest BCUT2D eigenvalue weighted by molar-refractivity contribution is 5.94. The van der Waals surface area contributed by atoms with Gasteiger partial charge in [0.1, 0.15) is 11.8 Å². The molecule has 134 valence electrons. The van der Waals surface area contributed by atoms with Crippen molar-refractivity contribution in [2.24, 2.45) is 0 Å². The van der Waals surface area contributed by atoms with Gasteiger partial charge in [0.2, 0.25) is 0 Å². The molecule has 1 aliphatic carbocycles. The number of hydrogen-bond acceptors (Lipinski definition) is 3. The number of benzene rings is 1. The third-order valence-corrected chi connectivity index (χ3v) is 4.50. The largest absolute Gasteiger partial charge is 0.365 e. The zero-order chi connectivity index (χ0) is 17.8. The van der Waals surface area contributed by atoms with Crippen LogP contribution in [0.5, 0.6) is 0 Å². The molecule has 1 amide bonds. The summed E-state index contributed by atoms with van der Waals surface area (Å²) in [5.41, 5.74) is 1.72. The molecule has 1 fully saturated rings. The van der Waals surface area contributed by atoms with E-state index in [-0.39, 0.29) is 12.0 Å². The Bertz CT molecular complexity index is 738. The maximum absolute atomic E-state index is 14.4. The summed E-state index contributed by atoms with van der Waals surface area (Å²) in [6, 6.07) is 4.60. The lowest BCUT2D eigenvalue weighted by Crippen LogP contribution is -2.32. The quantitative estimate of drug-likeness (QED) is 0.861. The predicted octanol–water partition coefficient (Wildman–Crippen LogP) is 4.00. The normalized spacial score (nSPS) is 16.1. The van der Waals surface area contributed by atoms with Gasteiger partial charge in [0.05, 0.1) is 12.3 Å². The molecule has 0 radical (unpaired) electrons. The average molecular weight is 345 g/mol. The molecule has 0 aliphatic heterocycles. The number of nitrogens with one attached hydrogen (secondary N) is 1. The summed E-state index contributed by atoms with van der Waals surface area (Å²) >= 11 is 0. The summed E-state index contributed by atoms with van der Waals surface area (Å²) in [7, 11) is 0. The highest BCUT2D eigenvalue weighted by Crippen LogP contribution is 2.24. The predicted molar refractivity (Wildman–Crippen MR) is 94.3 cm³/mol. The number of carbonyl (C=O) groups is 1. The molecular formula is C19H24FN3O2. The molecule has 1 unspecified atom stereocenters. The molecule has 1 aromatic heterocycles. The zero-order valence-corrected chi connectivity index (χ0v) is 14.7. The van der Waals surface area contributed by atoms with Gasteiger partial charge >= 0.3 is 0 Å². The Balaban J connectivity index is 1.67. The fraction of sp³-hybridized carbons (Fsp3) is 0.474.